The summed E-state index contributed by atoms with van der Waals surface area (Å²) < 4.78 is 11.8. The summed E-state index contributed by atoms with van der Waals surface area (Å²) in [4.78, 5) is 25.1. The first kappa shape index (κ1) is 19.8. The zero-order valence-electron chi connectivity index (χ0n) is 16.3. The maximum atomic E-state index is 12.9. The molecule has 0 saturated carbocycles. The fraction of sp³-hybridized carbons (Fsp3) is 0.190. The summed E-state index contributed by atoms with van der Waals surface area (Å²) in [6.45, 7) is 0. The van der Waals surface area contributed by atoms with E-state index in [4.69, 9.17) is 21.1 Å². The molecule has 0 radical (unpaired) electrons. The lowest BCUT2D eigenvalue weighted by atomic mass is 10.1. The van der Waals surface area contributed by atoms with Crippen molar-refractivity contribution in [2.24, 2.45) is 0 Å². The van der Waals surface area contributed by atoms with E-state index in [9.17, 15) is 9.59 Å². The number of rotatable bonds is 5. The molecule has 0 spiro atoms. The molecule has 8 nitrogen and oxygen atoms in total. The Kier molecular flexibility index (Phi) is 5.33. The number of ether oxygens (including phenoxy) is 2. The summed E-state index contributed by atoms with van der Waals surface area (Å²) in [7, 11) is 3.11. The predicted molar refractivity (Wildman–Crippen MR) is 113 cm³/mol. The van der Waals surface area contributed by atoms with Gasteiger partial charge >= 0.3 is 0 Å². The fourth-order valence-corrected chi connectivity index (χ4v) is 3.52. The Hall–Kier alpha value is -3.52. The van der Waals surface area contributed by atoms with Gasteiger partial charge < -0.3 is 20.1 Å². The van der Waals surface area contributed by atoms with Gasteiger partial charge in [0, 0.05) is 17.3 Å². The number of nitrogens with zero attached hydrogens (tertiary/aromatic N) is 2. The lowest BCUT2D eigenvalue weighted by Crippen LogP contribution is -2.35. The van der Waals surface area contributed by atoms with Crippen LogP contribution in [-0.4, -0.2) is 35.8 Å². The number of hydrogen-bond acceptors (Lipinski definition) is 5. The Morgan fingerprint density at radius 3 is 2.60 bits per heavy atom. The van der Waals surface area contributed by atoms with Crippen LogP contribution in [0.15, 0.2) is 48.5 Å². The molecule has 1 atom stereocenters. The molecule has 3 aromatic rings. The number of methoxy groups -OCH3 is 2. The highest BCUT2D eigenvalue weighted by Crippen LogP contribution is 2.32. The van der Waals surface area contributed by atoms with Gasteiger partial charge in [-0.3, -0.25) is 9.59 Å². The zero-order chi connectivity index (χ0) is 21.3. The lowest BCUT2D eigenvalue weighted by Gasteiger charge is -2.23. The quantitative estimate of drug-likeness (QED) is 0.648. The van der Waals surface area contributed by atoms with Gasteiger partial charge in [0.15, 0.2) is 0 Å². The van der Waals surface area contributed by atoms with Gasteiger partial charge in [-0.15, -0.1) is 0 Å². The Balaban J connectivity index is 1.60. The second-order valence-corrected chi connectivity index (χ2v) is 7.10. The van der Waals surface area contributed by atoms with Crippen LogP contribution in [0.25, 0.3) is 11.3 Å². The Morgan fingerprint density at radius 2 is 1.93 bits per heavy atom. The number of fused-ring (bicyclic) bond motifs is 1. The van der Waals surface area contributed by atoms with Gasteiger partial charge in [-0.1, -0.05) is 11.6 Å². The van der Waals surface area contributed by atoms with Crippen molar-refractivity contribution in [2.75, 3.05) is 24.9 Å². The third kappa shape index (κ3) is 3.81. The van der Waals surface area contributed by atoms with E-state index in [2.05, 4.69) is 15.7 Å². The van der Waals surface area contributed by atoms with Gasteiger partial charge in [0.05, 0.1) is 31.4 Å². The summed E-state index contributed by atoms with van der Waals surface area (Å²) in [5.74, 6) is 1.08. The Labute approximate surface area is 177 Å². The van der Waals surface area contributed by atoms with E-state index < -0.39 is 6.04 Å². The number of carbonyl (C=O) groups excluding carboxylic acids is 2. The zero-order valence-corrected chi connectivity index (χ0v) is 17.1. The van der Waals surface area contributed by atoms with Crippen LogP contribution in [0.4, 0.5) is 11.5 Å². The van der Waals surface area contributed by atoms with Crippen LogP contribution in [0, 0.1) is 0 Å². The topological polar surface area (TPSA) is 94.5 Å². The number of halogens is 1. The molecule has 2 heterocycles. The number of anilines is 2. The number of amides is 2. The fourth-order valence-electron chi connectivity index (χ4n) is 3.26. The summed E-state index contributed by atoms with van der Waals surface area (Å²) in [6.07, 6.45) is -0.0214. The molecule has 2 aromatic carbocycles. The Morgan fingerprint density at radius 1 is 1.17 bits per heavy atom. The molecule has 30 heavy (non-hydrogen) atoms. The van der Waals surface area contributed by atoms with Crippen LogP contribution in [0.1, 0.15) is 12.5 Å². The average Bonchev–Trinajstić information content (AvgIpc) is 3.17. The van der Waals surface area contributed by atoms with E-state index in [0.717, 1.165) is 11.3 Å². The normalized spacial score (nSPS) is 15.2. The molecule has 1 aromatic heterocycles. The van der Waals surface area contributed by atoms with Crippen molar-refractivity contribution in [3.63, 3.8) is 0 Å². The molecule has 0 aliphatic carbocycles. The van der Waals surface area contributed by atoms with Crippen molar-refractivity contribution in [3.8, 4) is 22.8 Å². The average molecular weight is 427 g/mol. The van der Waals surface area contributed by atoms with Crippen LogP contribution < -0.4 is 20.1 Å². The van der Waals surface area contributed by atoms with Crippen LogP contribution >= 0.6 is 11.6 Å². The molecular weight excluding hydrogens is 408 g/mol. The first-order chi connectivity index (χ1) is 14.5. The third-order valence-electron chi connectivity index (χ3n) is 4.78. The minimum atomic E-state index is -0.790. The van der Waals surface area contributed by atoms with Crippen LogP contribution in [0.3, 0.4) is 0 Å². The van der Waals surface area contributed by atoms with Crippen LogP contribution in [0.2, 0.25) is 5.02 Å². The number of hydrogen-bond donors (Lipinski definition) is 2. The maximum absolute atomic E-state index is 12.9. The van der Waals surface area contributed by atoms with E-state index >= 15 is 0 Å². The second-order valence-electron chi connectivity index (χ2n) is 6.69. The monoisotopic (exact) mass is 426 g/mol. The summed E-state index contributed by atoms with van der Waals surface area (Å²) >= 11 is 6.13. The van der Waals surface area contributed by atoms with Crippen LogP contribution in [-0.2, 0) is 9.59 Å². The van der Waals surface area contributed by atoms with Crippen molar-refractivity contribution in [3.05, 3.63) is 53.6 Å². The highest BCUT2D eigenvalue weighted by Gasteiger charge is 2.32. The van der Waals surface area contributed by atoms with Gasteiger partial charge in [0.25, 0.3) is 0 Å². The third-order valence-corrected chi connectivity index (χ3v) is 5.08. The molecule has 9 heteroatoms. The first-order valence-corrected chi connectivity index (χ1v) is 9.54. The van der Waals surface area contributed by atoms with Crippen molar-refractivity contribution in [2.45, 2.75) is 12.5 Å². The van der Waals surface area contributed by atoms with Crippen molar-refractivity contribution in [1.29, 1.82) is 0 Å². The lowest BCUT2D eigenvalue weighted by molar-refractivity contribution is -0.125. The van der Waals surface area contributed by atoms with Crippen molar-refractivity contribution < 1.29 is 19.1 Å². The molecule has 0 unspecified atom stereocenters. The van der Waals surface area contributed by atoms with Gasteiger partial charge in [-0.05, 0) is 42.5 Å². The van der Waals surface area contributed by atoms with Crippen molar-refractivity contribution >= 4 is 34.9 Å². The summed E-state index contributed by atoms with van der Waals surface area (Å²) in [5.41, 5.74) is 1.98. The van der Waals surface area contributed by atoms with Gasteiger partial charge in [0.2, 0.25) is 11.8 Å². The van der Waals surface area contributed by atoms with E-state index in [1.807, 2.05) is 24.3 Å². The molecule has 2 amide bonds. The van der Waals surface area contributed by atoms with E-state index in [1.54, 1.807) is 31.4 Å². The van der Waals surface area contributed by atoms with E-state index in [1.165, 1.54) is 11.8 Å². The van der Waals surface area contributed by atoms with E-state index in [0.29, 0.717) is 28.0 Å². The molecule has 1 aliphatic heterocycles. The van der Waals surface area contributed by atoms with Gasteiger partial charge in [-0.25, -0.2) is 4.68 Å². The molecule has 0 bridgehead atoms. The summed E-state index contributed by atoms with van der Waals surface area (Å²) in [6, 6.07) is 13.3. The smallest absolute Gasteiger partial charge is 0.249 e. The first-order valence-electron chi connectivity index (χ1n) is 9.16. The molecule has 4 rings (SSSR count). The molecule has 0 saturated heterocycles. The maximum Gasteiger partial charge on any atom is 0.249 e. The SMILES string of the molecule is COc1ccc(-c2cc3n(n2)[C@H](C(=O)Nc2ccc(OC)c(Cl)c2)CC(=O)N3)cc1. The number of carbonyl (C=O) groups is 2. The highest BCUT2D eigenvalue weighted by molar-refractivity contribution is 6.32. The largest absolute Gasteiger partial charge is 0.497 e. The molecule has 154 valence electrons. The number of aromatic nitrogens is 2. The van der Waals surface area contributed by atoms with Crippen molar-refractivity contribution in [1.82, 2.24) is 9.78 Å². The molecule has 1 aliphatic rings. The van der Waals surface area contributed by atoms with Gasteiger partial charge in [0.1, 0.15) is 23.4 Å². The molecule has 2 N–H and O–H groups in total. The minimum absolute atomic E-state index is 0.0214. The van der Waals surface area contributed by atoms with Gasteiger partial charge in [-0.2, -0.15) is 5.10 Å². The second kappa shape index (κ2) is 8.08. The number of nitrogens with one attached hydrogen (secondary N) is 2. The molecule has 0 fully saturated rings. The highest BCUT2D eigenvalue weighted by atomic mass is 35.5. The standard InChI is InChI=1S/C21H19ClN4O4/c1-29-14-6-3-12(4-7-14)16-10-19-24-20(27)11-17(26(19)25-16)21(28)23-13-5-8-18(30-2)15(22)9-13/h3-10,17H,11H2,1-2H3,(H,23,28)(H,24,27)/t17-/m0/s1. The minimum Gasteiger partial charge on any atom is -0.497 e. The Bertz CT molecular complexity index is 1110. The van der Waals surface area contributed by atoms with E-state index in [-0.39, 0.29) is 18.2 Å². The number of benzene rings is 2. The predicted octanol–water partition coefficient (Wildman–Crippen LogP) is 3.74. The summed E-state index contributed by atoms with van der Waals surface area (Å²) in [5, 5.41) is 10.5. The van der Waals surface area contributed by atoms with Crippen LogP contribution in [0.5, 0.6) is 11.5 Å². The molecular formula is C21H19ClN4O4.